The van der Waals surface area contributed by atoms with Gasteiger partial charge in [-0.05, 0) is 61.9 Å². The van der Waals surface area contributed by atoms with E-state index in [1.54, 1.807) is 12.1 Å². The van der Waals surface area contributed by atoms with Crippen molar-refractivity contribution in [1.82, 2.24) is 5.32 Å². The predicted molar refractivity (Wildman–Crippen MR) is 125 cm³/mol. The highest BCUT2D eigenvalue weighted by Crippen LogP contribution is 2.33. The molecule has 1 aliphatic heterocycles. The summed E-state index contributed by atoms with van der Waals surface area (Å²) in [7, 11) is -1.48. The van der Waals surface area contributed by atoms with Crippen LogP contribution in [0.1, 0.15) is 25.8 Å². The molecule has 2 aromatic carbocycles. The number of rotatable bonds is 8. The van der Waals surface area contributed by atoms with Gasteiger partial charge >= 0.3 is 6.03 Å². The molecule has 7 nitrogen and oxygen atoms in total. The van der Waals surface area contributed by atoms with E-state index in [1.165, 1.54) is 24.3 Å². The van der Waals surface area contributed by atoms with E-state index in [9.17, 15) is 18.5 Å². The second-order valence-corrected chi connectivity index (χ2v) is 9.93. The third-order valence-electron chi connectivity index (χ3n) is 5.14. The summed E-state index contributed by atoms with van der Waals surface area (Å²) < 4.78 is 25.8. The summed E-state index contributed by atoms with van der Waals surface area (Å²) in [5.74, 6) is -0.386. The largest absolute Gasteiger partial charge is 0.395 e. The Balaban J connectivity index is 1.94. The zero-order valence-corrected chi connectivity index (χ0v) is 18.8. The number of urea groups is 1. The lowest BCUT2D eigenvalue weighted by atomic mass is 9.95. The Hall–Kier alpha value is -2.88. The van der Waals surface area contributed by atoms with Crippen molar-refractivity contribution in [2.45, 2.75) is 36.0 Å². The SMILES string of the molecule is CC(C)(C1=CC(NCCO)CC(c2ccc(NC(N)=O)cc2)=N1)S(=O)c1ccc(F)cc1. The normalized spacial score (nSPS) is 17.3. The molecule has 2 aromatic rings. The van der Waals surface area contributed by atoms with Crippen molar-refractivity contribution >= 4 is 28.2 Å². The summed E-state index contributed by atoms with van der Waals surface area (Å²) in [5.41, 5.74) is 8.00. The third-order valence-corrected chi connectivity index (χ3v) is 6.98. The molecule has 2 atom stereocenters. The fourth-order valence-corrected chi connectivity index (χ4v) is 4.70. The molecule has 0 aliphatic carbocycles. The molecule has 0 saturated heterocycles. The van der Waals surface area contributed by atoms with Crippen molar-refractivity contribution in [2.24, 2.45) is 10.7 Å². The van der Waals surface area contributed by atoms with Gasteiger partial charge in [-0.1, -0.05) is 12.1 Å². The predicted octanol–water partition coefficient (Wildman–Crippen LogP) is 2.93. The maximum absolute atomic E-state index is 13.4. The Kier molecular flexibility index (Phi) is 7.55. The van der Waals surface area contributed by atoms with Gasteiger partial charge in [0, 0.05) is 35.3 Å². The molecular weight excluding hydrogens is 431 g/mol. The number of amides is 2. The monoisotopic (exact) mass is 458 g/mol. The van der Waals surface area contributed by atoms with Crippen LogP contribution in [0, 0.1) is 5.82 Å². The molecular formula is C23H27FN4O3S. The number of primary amides is 1. The zero-order valence-electron chi connectivity index (χ0n) is 18.0. The molecule has 9 heteroatoms. The van der Waals surface area contributed by atoms with E-state index >= 15 is 0 Å². The van der Waals surface area contributed by atoms with E-state index in [1.807, 2.05) is 32.1 Å². The first-order chi connectivity index (χ1) is 15.2. The van der Waals surface area contributed by atoms with E-state index < -0.39 is 21.6 Å². The quantitative estimate of drug-likeness (QED) is 0.487. The molecule has 5 N–H and O–H groups in total. The number of aliphatic imine (C=N–C) groups is 1. The van der Waals surface area contributed by atoms with Crippen LogP contribution >= 0.6 is 0 Å². The van der Waals surface area contributed by atoms with Gasteiger partial charge in [-0.3, -0.25) is 9.20 Å². The standard InChI is InChI=1S/C23H27FN4O3S/c1-23(2,32(31)19-9-5-16(24)6-10-19)21-14-18(26-11-12-29)13-20(28-21)15-3-7-17(8-4-15)27-22(25)30/h3-10,14,18,26,29H,11-13H2,1-2H3,(H3,25,27,30). The summed E-state index contributed by atoms with van der Waals surface area (Å²) in [6.07, 6.45) is 2.51. The molecule has 0 aromatic heterocycles. The zero-order chi connectivity index (χ0) is 23.3. The highest BCUT2D eigenvalue weighted by molar-refractivity contribution is 7.86. The van der Waals surface area contributed by atoms with Crippen molar-refractivity contribution in [2.75, 3.05) is 18.5 Å². The number of carbonyl (C=O) groups is 1. The first-order valence-electron chi connectivity index (χ1n) is 10.2. The van der Waals surface area contributed by atoms with Crippen molar-refractivity contribution in [3.8, 4) is 0 Å². The minimum absolute atomic E-state index is 0.00939. The molecule has 32 heavy (non-hydrogen) atoms. The Morgan fingerprint density at radius 1 is 1.22 bits per heavy atom. The van der Waals surface area contributed by atoms with Gasteiger partial charge < -0.3 is 21.5 Å². The van der Waals surface area contributed by atoms with Gasteiger partial charge in [-0.25, -0.2) is 9.18 Å². The maximum atomic E-state index is 13.4. The van der Waals surface area contributed by atoms with E-state index in [2.05, 4.69) is 10.6 Å². The van der Waals surface area contributed by atoms with Crippen LogP contribution in [0.3, 0.4) is 0 Å². The lowest BCUT2D eigenvalue weighted by Gasteiger charge is -2.30. The number of anilines is 1. The highest BCUT2D eigenvalue weighted by atomic mass is 32.2. The van der Waals surface area contributed by atoms with Crippen LogP contribution < -0.4 is 16.4 Å². The van der Waals surface area contributed by atoms with Crippen molar-refractivity contribution in [3.05, 3.63) is 71.7 Å². The van der Waals surface area contributed by atoms with Crippen LogP contribution in [0.2, 0.25) is 0 Å². The number of nitrogens with one attached hydrogen (secondary N) is 2. The molecule has 2 amide bonds. The smallest absolute Gasteiger partial charge is 0.316 e. The average molecular weight is 459 g/mol. The Morgan fingerprint density at radius 2 is 1.88 bits per heavy atom. The van der Waals surface area contributed by atoms with Crippen LogP contribution in [0.15, 0.2) is 70.2 Å². The lowest BCUT2D eigenvalue weighted by molar-refractivity contribution is 0.259. The van der Waals surface area contributed by atoms with Crippen molar-refractivity contribution in [1.29, 1.82) is 0 Å². The number of hydrogen-bond acceptors (Lipinski definition) is 5. The third kappa shape index (κ3) is 5.67. The molecule has 0 radical (unpaired) electrons. The summed E-state index contributed by atoms with van der Waals surface area (Å²) in [5, 5.41) is 15.0. The average Bonchev–Trinajstić information content (AvgIpc) is 2.77. The van der Waals surface area contributed by atoms with Gasteiger partial charge in [0.25, 0.3) is 0 Å². The molecule has 0 bridgehead atoms. The topological polar surface area (TPSA) is 117 Å². The Labute approximate surface area is 189 Å². The molecule has 1 heterocycles. The molecule has 170 valence electrons. The molecule has 2 unspecified atom stereocenters. The Bertz CT molecular complexity index is 1050. The summed E-state index contributed by atoms with van der Waals surface area (Å²) >= 11 is 0. The summed E-state index contributed by atoms with van der Waals surface area (Å²) in [6.45, 7) is 4.08. The molecule has 1 aliphatic rings. The fraction of sp³-hybridized carbons (Fsp3) is 0.304. The number of benzene rings is 2. The molecule has 0 fully saturated rings. The number of hydrogen-bond donors (Lipinski definition) is 4. The summed E-state index contributed by atoms with van der Waals surface area (Å²) in [6, 6.07) is 12.0. The number of aliphatic hydroxyl groups is 1. The minimum Gasteiger partial charge on any atom is -0.395 e. The second kappa shape index (κ2) is 10.2. The number of aliphatic hydroxyl groups excluding tert-OH is 1. The number of halogens is 1. The fourth-order valence-electron chi connectivity index (χ4n) is 3.42. The van der Waals surface area contributed by atoms with E-state index in [4.69, 9.17) is 10.7 Å². The van der Waals surface area contributed by atoms with Gasteiger partial charge in [0.05, 0.1) is 27.9 Å². The lowest BCUT2D eigenvalue weighted by Crippen LogP contribution is -2.38. The van der Waals surface area contributed by atoms with E-state index in [0.717, 1.165) is 11.3 Å². The molecule has 0 spiro atoms. The van der Waals surface area contributed by atoms with Crippen LogP contribution in [0.25, 0.3) is 0 Å². The van der Waals surface area contributed by atoms with Gasteiger partial charge in [0.2, 0.25) is 0 Å². The van der Waals surface area contributed by atoms with Gasteiger partial charge in [-0.2, -0.15) is 0 Å². The van der Waals surface area contributed by atoms with Gasteiger partial charge in [0.1, 0.15) is 5.82 Å². The van der Waals surface area contributed by atoms with Crippen molar-refractivity contribution < 1.29 is 18.5 Å². The van der Waals surface area contributed by atoms with Crippen molar-refractivity contribution in [3.63, 3.8) is 0 Å². The maximum Gasteiger partial charge on any atom is 0.316 e. The van der Waals surface area contributed by atoms with E-state index in [-0.39, 0.29) is 18.5 Å². The van der Waals surface area contributed by atoms with Crippen LogP contribution in [-0.4, -0.2) is 45.0 Å². The Morgan fingerprint density at radius 3 is 2.47 bits per heavy atom. The van der Waals surface area contributed by atoms with Crippen LogP contribution in [-0.2, 0) is 10.8 Å². The number of carbonyl (C=O) groups excluding carboxylic acids is 1. The van der Waals surface area contributed by atoms with Gasteiger partial charge in [-0.15, -0.1) is 0 Å². The summed E-state index contributed by atoms with van der Waals surface area (Å²) in [4.78, 5) is 16.4. The number of nitrogens with zero attached hydrogens (tertiary/aromatic N) is 1. The van der Waals surface area contributed by atoms with Gasteiger partial charge in [0.15, 0.2) is 0 Å². The molecule has 3 rings (SSSR count). The first kappa shape index (κ1) is 23.8. The van der Waals surface area contributed by atoms with Crippen LogP contribution in [0.5, 0.6) is 0 Å². The molecule has 0 saturated carbocycles. The minimum atomic E-state index is -1.48. The first-order valence-corrected chi connectivity index (χ1v) is 11.3. The number of nitrogens with two attached hydrogens (primary N) is 1. The second-order valence-electron chi connectivity index (χ2n) is 7.90. The van der Waals surface area contributed by atoms with E-state index in [0.29, 0.717) is 29.2 Å². The van der Waals surface area contributed by atoms with Crippen LogP contribution in [0.4, 0.5) is 14.9 Å². The highest BCUT2D eigenvalue weighted by Gasteiger charge is 2.34.